The number of aliphatic hydroxyl groups is 1. The fourth-order valence-corrected chi connectivity index (χ4v) is 6.21. The van der Waals surface area contributed by atoms with Gasteiger partial charge in [0.2, 0.25) is 41.4 Å². The molecule has 7 amide bonds. The van der Waals surface area contributed by atoms with Gasteiger partial charge in [-0.2, -0.15) is 0 Å². The van der Waals surface area contributed by atoms with Gasteiger partial charge in [0.1, 0.15) is 48.0 Å². The van der Waals surface area contributed by atoms with Crippen molar-refractivity contribution in [2.45, 2.75) is 115 Å². The monoisotopic (exact) mass is 899 g/mol. The van der Waals surface area contributed by atoms with Crippen LogP contribution in [0.2, 0.25) is 0 Å². The van der Waals surface area contributed by atoms with Gasteiger partial charge in [-0.25, -0.2) is 4.79 Å². The van der Waals surface area contributed by atoms with Gasteiger partial charge in [0, 0.05) is 19.8 Å². The first-order valence-corrected chi connectivity index (χ1v) is 20.1. The molecular weight excluding hydrogens is 842 g/mol. The van der Waals surface area contributed by atoms with Gasteiger partial charge in [-0.05, 0) is 43.4 Å². The molecule has 64 heavy (non-hydrogen) atoms. The van der Waals surface area contributed by atoms with Gasteiger partial charge in [0.15, 0.2) is 0 Å². The molecule has 0 saturated carbocycles. The molecule has 0 unspecified atom stereocenters. The maximum atomic E-state index is 13.7. The highest BCUT2D eigenvalue weighted by Crippen LogP contribution is 2.19. The van der Waals surface area contributed by atoms with Crippen LogP contribution in [0.1, 0.15) is 65.0 Å². The molecule has 0 aliphatic carbocycles. The van der Waals surface area contributed by atoms with E-state index in [0.717, 1.165) is 6.92 Å². The second-order valence-electron chi connectivity index (χ2n) is 15.3. The van der Waals surface area contributed by atoms with Gasteiger partial charge in [-0.15, -0.1) is 0 Å². The summed E-state index contributed by atoms with van der Waals surface area (Å²) >= 11 is 0. The van der Waals surface area contributed by atoms with E-state index in [1.807, 2.05) is 0 Å². The minimum Gasteiger partial charge on any atom is -0.496 e. The molecule has 0 radical (unpaired) electrons. The topological polar surface area (TPSA) is 345 Å². The van der Waals surface area contributed by atoms with Crippen molar-refractivity contribution in [1.29, 1.82) is 0 Å². The van der Waals surface area contributed by atoms with E-state index in [-0.39, 0.29) is 25.2 Å². The predicted molar refractivity (Wildman–Crippen MR) is 225 cm³/mol. The first-order valence-electron chi connectivity index (χ1n) is 20.1. The number of carboxylic acids is 3. The van der Waals surface area contributed by atoms with Gasteiger partial charge < -0.3 is 62.4 Å². The fraction of sp³-hybridized carbons (Fsp3) is 0.476. The highest BCUT2D eigenvalue weighted by Gasteiger charge is 2.36. The molecule has 0 aliphatic rings. The van der Waals surface area contributed by atoms with Crippen molar-refractivity contribution in [2.24, 2.45) is 5.92 Å². The van der Waals surface area contributed by atoms with E-state index >= 15 is 0 Å². The molecule has 22 nitrogen and oxygen atoms in total. The molecule has 0 bridgehead atoms. The number of aliphatic carboxylic acids is 3. The lowest BCUT2D eigenvalue weighted by molar-refractivity contribution is -0.143. The van der Waals surface area contributed by atoms with Crippen LogP contribution in [0.15, 0.2) is 54.6 Å². The van der Waals surface area contributed by atoms with Crippen LogP contribution in [0.3, 0.4) is 0 Å². The number of hydrogen-bond donors (Lipinski definition) is 11. The zero-order valence-corrected chi connectivity index (χ0v) is 36.2. The average molecular weight is 900 g/mol. The minimum absolute atomic E-state index is 0.0308. The van der Waals surface area contributed by atoms with Crippen LogP contribution in [-0.4, -0.2) is 135 Å². The molecule has 0 fully saturated rings. The summed E-state index contributed by atoms with van der Waals surface area (Å²) in [5.41, 5.74) is 1.07. The van der Waals surface area contributed by atoms with Crippen molar-refractivity contribution in [1.82, 2.24) is 37.2 Å². The Balaban J connectivity index is 2.23. The minimum atomic E-state index is -1.88. The third kappa shape index (κ3) is 18.1. The number of hydrogen-bond acceptors (Lipinski definition) is 12. The molecule has 350 valence electrons. The van der Waals surface area contributed by atoms with E-state index in [9.17, 15) is 68.4 Å². The lowest BCUT2D eigenvalue weighted by atomic mass is 10.0. The number of ether oxygens (including phenoxy) is 1. The van der Waals surface area contributed by atoms with Crippen molar-refractivity contribution >= 4 is 59.3 Å². The second kappa shape index (κ2) is 25.7. The molecular formula is C42H57N7O15. The largest absolute Gasteiger partial charge is 0.496 e. The molecule has 2 aromatic rings. The van der Waals surface area contributed by atoms with E-state index < -0.39 is 120 Å². The molecule has 0 aliphatic heterocycles. The van der Waals surface area contributed by atoms with E-state index in [1.165, 1.54) is 21.0 Å². The summed E-state index contributed by atoms with van der Waals surface area (Å²) in [6.45, 7) is 6.86. The van der Waals surface area contributed by atoms with Crippen LogP contribution < -0.4 is 42.0 Å². The standard InChI is InChI=1S/C42H57N7O15/c1-21(2)16-27(47-41(61)35(23(4)50)49-40(60)28(44-24(5)51)17-25-12-8-7-9-13-25)38(58)46-29(19-33(52)53)37(57)43-22(3)36(56)45-30(20-34(54)55)39(59)48-31(42(62)63)18-26-14-10-11-15-32(26)64-6/h7-15,21-23,27-31,35,50H,16-20H2,1-6H3,(H,43,57)(H,44,51)(H,45,56)(H,46,58)(H,47,61)(H,48,59)(H,49,60)(H,52,53)(H,54,55)(H,62,63)/t22-,23+,27-,28-,29-,30-,31-,35-/m0/s1. The Kier molecular flexibility index (Phi) is 21.3. The molecule has 2 aromatic carbocycles. The molecule has 11 N–H and O–H groups in total. The smallest absolute Gasteiger partial charge is 0.326 e. The van der Waals surface area contributed by atoms with Crippen molar-refractivity contribution in [3.63, 3.8) is 0 Å². The molecule has 0 heterocycles. The van der Waals surface area contributed by atoms with Crippen molar-refractivity contribution in [3.8, 4) is 5.75 Å². The maximum absolute atomic E-state index is 13.7. The Morgan fingerprint density at radius 3 is 1.55 bits per heavy atom. The number of carbonyl (C=O) groups excluding carboxylic acids is 7. The number of carbonyl (C=O) groups is 10. The predicted octanol–water partition coefficient (Wildman–Crippen LogP) is -1.63. The average Bonchev–Trinajstić information content (AvgIpc) is 3.20. The number of nitrogens with one attached hydrogen (secondary N) is 7. The number of carboxylic acid groups (broad SMARTS) is 3. The Morgan fingerprint density at radius 2 is 1.03 bits per heavy atom. The van der Waals surface area contributed by atoms with Crippen LogP contribution in [0.25, 0.3) is 0 Å². The summed E-state index contributed by atoms with van der Waals surface area (Å²) in [5.74, 6) is -11.6. The van der Waals surface area contributed by atoms with Crippen LogP contribution in [0.4, 0.5) is 0 Å². The molecule has 0 aromatic heterocycles. The van der Waals surface area contributed by atoms with E-state index in [1.54, 1.807) is 68.4 Å². The third-order valence-corrected chi connectivity index (χ3v) is 9.39. The van der Waals surface area contributed by atoms with Crippen molar-refractivity contribution in [2.75, 3.05) is 7.11 Å². The molecule has 2 rings (SSSR count). The van der Waals surface area contributed by atoms with Crippen LogP contribution in [-0.2, 0) is 60.8 Å². The lowest BCUT2D eigenvalue weighted by Gasteiger charge is -2.28. The van der Waals surface area contributed by atoms with Crippen LogP contribution >= 0.6 is 0 Å². The second-order valence-corrected chi connectivity index (χ2v) is 15.3. The third-order valence-electron chi connectivity index (χ3n) is 9.39. The number of rotatable bonds is 26. The highest BCUT2D eigenvalue weighted by molar-refractivity contribution is 5.98. The Hall–Kier alpha value is -7.10. The summed E-state index contributed by atoms with van der Waals surface area (Å²) in [5, 5.41) is 55.5. The molecule has 22 heteroatoms. The van der Waals surface area contributed by atoms with Crippen LogP contribution in [0.5, 0.6) is 5.75 Å². The van der Waals surface area contributed by atoms with E-state index in [0.29, 0.717) is 16.9 Å². The normalized spacial score (nSPS) is 14.6. The van der Waals surface area contributed by atoms with Gasteiger partial charge in [-0.1, -0.05) is 62.4 Å². The molecule has 8 atom stereocenters. The van der Waals surface area contributed by atoms with Gasteiger partial charge >= 0.3 is 17.9 Å². The summed E-state index contributed by atoms with van der Waals surface area (Å²) in [6, 6.07) is 3.78. The van der Waals surface area contributed by atoms with Crippen molar-refractivity contribution in [3.05, 3.63) is 65.7 Å². The first-order chi connectivity index (χ1) is 30.0. The number of methoxy groups -OCH3 is 1. The number of benzene rings is 2. The molecule has 0 spiro atoms. The first kappa shape index (κ1) is 53.0. The van der Waals surface area contributed by atoms with Crippen molar-refractivity contribution < 1.29 is 73.1 Å². The van der Waals surface area contributed by atoms with Gasteiger partial charge in [0.25, 0.3) is 0 Å². The summed E-state index contributed by atoms with van der Waals surface area (Å²) in [6.07, 6.45) is -3.91. The van der Waals surface area contributed by atoms with E-state index in [2.05, 4.69) is 37.2 Å². The Labute approximate surface area is 368 Å². The zero-order chi connectivity index (χ0) is 48.3. The van der Waals surface area contributed by atoms with Gasteiger partial charge in [0.05, 0.1) is 26.1 Å². The Morgan fingerprint density at radius 1 is 0.547 bits per heavy atom. The number of para-hydroxylation sites is 1. The fourth-order valence-electron chi connectivity index (χ4n) is 6.21. The van der Waals surface area contributed by atoms with E-state index in [4.69, 9.17) is 4.74 Å². The number of amides is 7. The number of aliphatic hydroxyl groups excluding tert-OH is 1. The highest BCUT2D eigenvalue weighted by atomic mass is 16.5. The SMILES string of the molecule is COc1ccccc1C[C@H](NC(=O)[C@H](CC(=O)O)NC(=O)[C@H](C)NC(=O)[C@H](CC(=O)O)NC(=O)[C@H](CC(C)C)NC(=O)[C@@H](NC(=O)[C@H](Cc1ccccc1)NC(C)=O)[C@@H](C)O)C(=O)O. The molecule has 0 saturated heterocycles. The quantitative estimate of drug-likeness (QED) is 0.0505. The van der Waals surface area contributed by atoms with Crippen LogP contribution in [0, 0.1) is 5.92 Å². The summed E-state index contributed by atoms with van der Waals surface area (Å²) in [7, 11) is 1.36. The Bertz CT molecular complexity index is 2000. The maximum Gasteiger partial charge on any atom is 0.326 e. The van der Waals surface area contributed by atoms with Gasteiger partial charge in [-0.3, -0.25) is 43.2 Å². The lowest BCUT2D eigenvalue weighted by Crippen LogP contribution is -2.61. The summed E-state index contributed by atoms with van der Waals surface area (Å²) in [4.78, 5) is 128. The summed E-state index contributed by atoms with van der Waals surface area (Å²) < 4.78 is 5.22. The zero-order valence-electron chi connectivity index (χ0n) is 36.2.